The highest BCUT2D eigenvalue weighted by Gasteiger charge is 2.41. The molecule has 0 radical (unpaired) electrons. The van der Waals surface area contributed by atoms with Crippen molar-refractivity contribution in [1.29, 1.82) is 0 Å². The van der Waals surface area contributed by atoms with Crippen molar-refractivity contribution in [2.75, 3.05) is 24.5 Å². The van der Waals surface area contributed by atoms with E-state index in [-0.39, 0.29) is 0 Å². The van der Waals surface area contributed by atoms with Crippen LogP contribution in [0.3, 0.4) is 0 Å². The van der Waals surface area contributed by atoms with Crippen LogP contribution >= 0.6 is 0 Å². The summed E-state index contributed by atoms with van der Waals surface area (Å²) in [7, 11) is 0. The first-order valence-corrected chi connectivity index (χ1v) is 10.7. The summed E-state index contributed by atoms with van der Waals surface area (Å²) in [5.41, 5.74) is 1.15. The number of nitrogens with one attached hydrogen (secondary N) is 2. The van der Waals surface area contributed by atoms with Gasteiger partial charge in [0.25, 0.3) is 0 Å². The second kappa shape index (κ2) is 8.91. The molecule has 2 bridgehead atoms. The standard InChI is InChI=1S/C21H33N5O/c1-2-22-21(25-18-13-17-8-9-19(18)27-17)24-15-16-7-10-20(23-14-16)26-11-5-3-4-6-12-26/h7,10,14,17-19H,2-6,8-9,11-13,15H2,1H3,(H2,22,24,25). The highest BCUT2D eigenvalue weighted by atomic mass is 16.5. The van der Waals surface area contributed by atoms with Gasteiger partial charge in [-0.1, -0.05) is 18.9 Å². The van der Waals surface area contributed by atoms with Crippen LogP contribution in [0.2, 0.25) is 0 Å². The molecule has 3 aliphatic rings. The summed E-state index contributed by atoms with van der Waals surface area (Å²) in [5.74, 6) is 1.99. The predicted octanol–water partition coefficient (Wildman–Crippen LogP) is 2.84. The third-order valence-corrected chi connectivity index (χ3v) is 5.93. The van der Waals surface area contributed by atoms with Gasteiger partial charge in [-0.2, -0.15) is 0 Å². The minimum Gasteiger partial charge on any atom is -0.373 e. The van der Waals surface area contributed by atoms with E-state index in [1.54, 1.807) is 0 Å². The molecule has 3 atom stereocenters. The van der Waals surface area contributed by atoms with Crippen LogP contribution in [-0.2, 0) is 11.3 Å². The Morgan fingerprint density at radius 1 is 1.22 bits per heavy atom. The van der Waals surface area contributed by atoms with Crippen LogP contribution in [0.25, 0.3) is 0 Å². The number of pyridine rings is 1. The maximum Gasteiger partial charge on any atom is 0.191 e. The van der Waals surface area contributed by atoms with Crippen LogP contribution in [0, 0.1) is 0 Å². The number of hydrogen-bond acceptors (Lipinski definition) is 4. The minimum atomic E-state index is 0.355. The van der Waals surface area contributed by atoms with Crippen molar-refractivity contribution in [2.45, 2.75) is 76.7 Å². The molecule has 6 nitrogen and oxygen atoms in total. The molecule has 6 heteroatoms. The number of anilines is 1. The van der Waals surface area contributed by atoms with Gasteiger partial charge in [-0.05, 0) is 50.7 Å². The van der Waals surface area contributed by atoms with Gasteiger partial charge in [-0.3, -0.25) is 0 Å². The first-order chi connectivity index (χ1) is 13.3. The SMILES string of the molecule is CCNC(=NCc1ccc(N2CCCCCC2)nc1)NC1CC2CCC1O2. The van der Waals surface area contributed by atoms with Crippen molar-refractivity contribution < 1.29 is 4.74 Å². The summed E-state index contributed by atoms with van der Waals surface area (Å²) in [6.07, 6.45) is 11.5. The van der Waals surface area contributed by atoms with Crippen LogP contribution in [0.15, 0.2) is 23.3 Å². The van der Waals surface area contributed by atoms with Crippen LogP contribution in [0.4, 0.5) is 5.82 Å². The number of guanidine groups is 1. The first kappa shape index (κ1) is 18.5. The molecule has 0 saturated carbocycles. The Balaban J connectivity index is 1.34. The summed E-state index contributed by atoms with van der Waals surface area (Å²) in [6.45, 7) is 5.87. The fourth-order valence-electron chi connectivity index (χ4n) is 4.45. The Hall–Kier alpha value is -1.82. The van der Waals surface area contributed by atoms with E-state index in [2.05, 4.69) is 34.6 Å². The molecule has 4 heterocycles. The fraction of sp³-hybridized carbons (Fsp3) is 0.714. The molecule has 148 valence electrons. The number of hydrogen-bond donors (Lipinski definition) is 2. The van der Waals surface area contributed by atoms with Gasteiger partial charge in [0.2, 0.25) is 0 Å². The lowest BCUT2D eigenvalue weighted by atomic mass is 9.96. The number of aliphatic imine (C=N–C) groups is 1. The molecular formula is C21H33N5O. The van der Waals surface area contributed by atoms with Crippen molar-refractivity contribution in [3.8, 4) is 0 Å². The largest absolute Gasteiger partial charge is 0.373 e. The van der Waals surface area contributed by atoms with E-state index in [9.17, 15) is 0 Å². The number of ether oxygens (including phenoxy) is 1. The Morgan fingerprint density at radius 2 is 2.07 bits per heavy atom. The zero-order chi connectivity index (χ0) is 18.5. The van der Waals surface area contributed by atoms with Gasteiger partial charge >= 0.3 is 0 Å². The van der Waals surface area contributed by atoms with Crippen LogP contribution in [-0.4, -0.2) is 48.8 Å². The number of aromatic nitrogens is 1. The van der Waals surface area contributed by atoms with Crippen LogP contribution in [0.1, 0.15) is 57.4 Å². The van der Waals surface area contributed by atoms with Crippen molar-refractivity contribution in [3.63, 3.8) is 0 Å². The topological polar surface area (TPSA) is 61.8 Å². The van der Waals surface area contributed by atoms with E-state index in [0.717, 1.165) is 43.4 Å². The lowest BCUT2D eigenvalue weighted by Gasteiger charge is -2.23. The van der Waals surface area contributed by atoms with E-state index in [0.29, 0.717) is 24.8 Å². The minimum absolute atomic E-state index is 0.355. The molecule has 4 rings (SSSR count). The van der Waals surface area contributed by atoms with Gasteiger partial charge in [0, 0.05) is 25.8 Å². The van der Waals surface area contributed by atoms with Gasteiger partial charge in [-0.15, -0.1) is 0 Å². The molecule has 0 amide bonds. The van der Waals surface area contributed by atoms with E-state index in [1.165, 1.54) is 38.5 Å². The van der Waals surface area contributed by atoms with E-state index in [4.69, 9.17) is 14.7 Å². The second-order valence-electron chi connectivity index (χ2n) is 7.98. The highest BCUT2D eigenvalue weighted by Crippen LogP contribution is 2.34. The fourth-order valence-corrected chi connectivity index (χ4v) is 4.45. The highest BCUT2D eigenvalue weighted by molar-refractivity contribution is 5.80. The molecule has 1 aromatic rings. The van der Waals surface area contributed by atoms with Crippen molar-refractivity contribution in [3.05, 3.63) is 23.9 Å². The maximum absolute atomic E-state index is 5.95. The summed E-state index contributed by atoms with van der Waals surface area (Å²) >= 11 is 0. The maximum atomic E-state index is 5.95. The van der Waals surface area contributed by atoms with Gasteiger partial charge in [0.1, 0.15) is 5.82 Å². The predicted molar refractivity (Wildman–Crippen MR) is 109 cm³/mol. The van der Waals surface area contributed by atoms with Gasteiger partial charge in [0.15, 0.2) is 5.96 Å². The Labute approximate surface area is 162 Å². The summed E-state index contributed by atoms with van der Waals surface area (Å²) in [6, 6.07) is 4.71. The summed E-state index contributed by atoms with van der Waals surface area (Å²) in [5, 5.41) is 6.94. The Bertz CT molecular complexity index is 624. The average Bonchev–Trinajstić information content (AvgIpc) is 3.20. The summed E-state index contributed by atoms with van der Waals surface area (Å²) in [4.78, 5) is 11.9. The normalized spacial score (nSPS) is 28.3. The molecule has 3 fully saturated rings. The Morgan fingerprint density at radius 3 is 2.70 bits per heavy atom. The van der Waals surface area contributed by atoms with E-state index in [1.807, 2.05) is 6.20 Å². The lowest BCUT2D eigenvalue weighted by Crippen LogP contribution is -2.47. The summed E-state index contributed by atoms with van der Waals surface area (Å²) < 4.78 is 5.95. The monoisotopic (exact) mass is 371 g/mol. The molecule has 3 aliphatic heterocycles. The van der Waals surface area contributed by atoms with Crippen LogP contribution < -0.4 is 15.5 Å². The molecular weight excluding hydrogens is 338 g/mol. The number of nitrogens with zero attached hydrogens (tertiary/aromatic N) is 3. The van der Waals surface area contributed by atoms with Gasteiger partial charge < -0.3 is 20.3 Å². The molecule has 27 heavy (non-hydrogen) atoms. The third kappa shape index (κ3) is 4.72. The molecule has 0 aliphatic carbocycles. The number of fused-ring (bicyclic) bond motifs is 2. The molecule has 1 aromatic heterocycles. The van der Waals surface area contributed by atoms with Gasteiger partial charge in [0.05, 0.1) is 24.8 Å². The quantitative estimate of drug-likeness (QED) is 0.616. The van der Waals surface area contributed by atoms with Crippen molar-refractivity contribution >= 4 is 11.8 Å². The average molecular weight is 372 g/mol. The second-order valence-corrected chi connectivity index (χ2v) is 7.98. The Kier molecular flexibility index (Phi) is 6.12. The first-order valence-electron chi connectivity index (χ1n) is 10.7. The van der Waals surface area contributed by atoms with E-state index < -0.39 is 0 Å². The molecule has 2 N–H and O–H groups in total. The smallest absolute Gasteiger partial charge is 0.191 e. The van der Waals surface area contributed by atoms with Crippen LogP contribution in [0.5, 0.6) is 0 Å². The number of rotatable bonds is 5. The molecule has 3 saturated heterocycles. The van der Waals surface area contributed by atoms with Crippen molar-refractivity contribution in [2.24, 2.45) is 4.99 Å². The zero-order valence-corrected chi connectivity index (χ0v) is 16.5. The lowest BCUT2D eigenvalue weighted by molar-refractivity contribution is 0.0992. The van der Waals surface area contributed by atoms with Crippen molar-refractivity contribution in [1.82, 2.24) is 15.6 Å². The zero-order valence-electron chi connectivity index (χ0n) is 16.5. The molecule has 3 unspecified atom stereocenters. The van der Waals surface area contributed by atoms with E-state index >= 15 is 0 Å². The van der Waals surface area contributed by atoms with Gasteiger partial charge in [-0.25, -0.2) is 9.98 Å². The molecule has 0 aromatic carbocycles. The third-order valence-electron chi connectivity index (χ3n) is 5.93. The molecule has 0 spiro atoms.